The van der Waals surface area contributed by atoms with Crippen LogP contribution in [0.25, 0.3) is 5.69 Å². The van der Waals surface area contributed by atoms with Crippen LogP contribution in [-0.2, 0) is 13.7 Å². The van der Waals surface area contributed by atoms with Crippen LogP contribution in [0.2, 0.25) is 0 Å². The van der Waals surface area contributed by atoms with E-state index in [0.29, 0.717) is 11.3 Å². The number of hydrogen-bond donors (Lipinski definition) is 1. The minimum atomic E-state index is -0.665. The fraction of sp³-hybridized carbons (Fsp3) is 0.188. The molecule has 0 unspecified atom stereocenters. The Bertz CT molecular complexity index is 949. The van der Waals surface area contributed by atoms with E-state index in [9.17, 15) is 14.3 Å². The number of benzene rings is 2. The summed E-state index contributed by atoms with van der Waals surface area (Å²) < 4.78 is 21.6. The predicted molar refractivity (Wildman–Crippen MR) is 83.7 cm³/mol. The number of halogens is 1. The second-order valence-corrected chi connectivity index (χ2v) is 5.27. The molecule has 0 aliphatic rings. The van der Waals surface area contributed by atoms with Gasteiger partial charge in [0.2, 0.25) is 0 Å². The van der Waals surface area contributed by atoms with Crippen LogP contribution in [-0.4, -0.2) is 24.9 Å². The van der Waals surface area contributed by atoms with Crippen LogP contribution in [0.3, 0.4) is 0 Å². The fourth-order valence-corrected chi connectivity index (χ4v) is 2.29. The maximum atomic E-state index is 13.8. The zero-order chi connectivity index (χ0) is 17.3. The van der Waals surface area contributed by atoms with Crippen molar-refractivity contribution in [2.45, 2.75) is 13.5 Å². The molecule has 7 nitrogen and oxygen atoms in total. The van der Waals surface area contributed by atoms with Crippen LogP contribution >= 0.6 is 0 Å². The summed E-state index contributed by atoms with van der Waals surface area (Å²) >= 11 is 0. The fourth-order valence-electron chi connectivity index (χ4n) is 2.29. The second kappa shape index (κ2) is 6.15. The van der Waals surface area contributed by atoms with Gasteiger partial charge < -0.3 is 9.84 Å². The number of ether oxygens (including phenoxy) is 1. The summed E-state index contributed by atoms with van der Waals surface area (Å²) in [5.41, 5.74) is 1.68. The molecule has 0 spiro atoms. The molecule has 0 radical (unpaired) electrons. The van der Waals surface area contributed by atoms with E-state index in [4.69, 9.17) is 4.74 Å². The average molecular weight is 330 g/mol. The highest BCUT2D eigenvalue weighted by Crippen LogP contribution is 2.24. The number of aromatic hydroxyl groups is 1. The Labute approximate surface area is 136 Å². The van der Waals surface area contributed by atoms with Crippen molar-refractivity contribution in [3.05, 3.63) is 63.8 Å². The topological polar surface area (TPSA) is 82.2 Å². The van der Waals surface area contributed by atoms with Gasteiger partial charge in [-0.3, -0.25) is 0 Å². The number of rotatable bonds is 4. The first-order valence-corrected chi connectivity index (χ1v) is 7.16. The number of aryl methyl sites for hydroxylation is 2. The average Bonchev–Trinajstić information content (AvgIpc) is 2.87. The van der Waals surface area contributed by atoms with Gasteiger partial charge in [0.15, 0.2) is 11.6 Å². The molecule has 3 aromatic rings. The van der Waals surface area contributed by atoms with Crippen LogP contribution in [0.15, 0.2) is 41.2 Å². The third-order valence-corrected chi connectivity index (χ3v) is 3.62. The van der Waals surface area contributed by atoms with Gasteiger partial charge in [-0.25, -0.2) is 9.18 Å². The van der Waals surface area contributed by atoms with Crippen molar-refractivity contribution in [2.75, 3.05) is 0 Å². The van der Waals surface area contributed by atoms with Crippen molar-refractivity contribution >= 4 is 0 Å². The molecule has 0 bridgehead atoms. The van der Waals surface area contributed by atoms with E-state index in [1.807, 2.05) is 13.0 Å². The van der Waals surface area contributed by atoms with Crippen LogP contribution in [0.5, 0.6) is 11.5 Å². The summed E-state index contributed by atoms with van der Waals surface area (Å²) in [5, 5.41) is 16.8. The monoisotopic (exact) mass is 330 g/mol. The van der Waals surface area contributed by atoms with Crippen molar-refractivity contribution in [3.8, 4) is 17.2 Å². The second-order valence-electron chi connectivity index (χ2n) is 5.27. The number of tetrazole rings is 1. The first kappa shape index (κ1) is 15.7. The number of hydrogen-bond acceptors (Lipinski definition) is 5. The van der Waals surface area contributed by atoms with E-state index in [1.165, 1.54) is 23.9 Å². The highest BCUT2D eigenvalue weighted by molar-refractivity contribution is 5.45. The quantitative estimate of drug-likeness (QED) is 0.787. The summed E-state index contributed by atoms with van der Waals surface area (Å²) in [6, 6.07) is 9.02. The van der Waals surface area contributed by atoms with E-state index in [0.717, 1.165) is 16.3 Å². The van der Waals surface area contributed by atoms with Crippen LogP contribution in [0.1, 0.15) is 11.1 Å². The summed E-state index contributed by atoms with van der Waals surface area (Å²) in [4.78, 5) is 12.1. The molecule has 1 N–H and O–H groups in total. The predicted octanol–water partition coefficient (Wildman–Crippen LogP) is 1.70. The number of phenols is 1. The Balaban J connectivity index is 1.96. The molecular formula is C16H15FN4O3. The molecule has 0 saturated heterocycles. The van der Waals surface area contributed by atoms with Crippen LogP contribution in [0.4, 0.5) is 4.39 Å². The molecule has 2 aromatic carbocycles. The first-order valence-electron chi connectivity index (χ1n) is 7.16. The minimum absolute atomic E-state index is 0.00787. The van der Waals surface area contributed by atoms with Gasteiger partial charge in [-0.1, -0.05) is 12.1 Å². The number of aromatic nitrogens is 4. The Morgan fingerprint density at radius 3 is 2.71 bits per heavy atom. The smallest absolute Gasteiger partial charge is 0.368 e. The molecule has 1 heterocycles. The van der Waals surface area contributed by atoms with Gasteiger partial charge in [0.05, 0.1) is 5.69 Å². The van der Waals surface area contributed by atoms with Gasteiger partial charge in [-0.15, -0.1) is 0 Å². The molecule has 1 aromatic heterocycles. The molecule has 0 amide bonds. The molecule has 0 atom stereocenters. The lowest BCUT2D eigenvalue weighted by molar-refractivity contribution is 0.288. The zero-order valence-corrected chi connectivity index (χ0v) is 13.1. The third kappa shape index (κ3) is 2.85. The molecule has 24 heavy (non-hydrogen) atoms. The lowest BCUT2D eigenvalue weighted by Crippen LogP contribution is -2.23. The maximum absolute atomic E-state index is 13.8. The van der Waals surface area contributed by atoms with E-state index in [2.05, 4.69) is 10.4 Å². The van der Waals surface area contributed by atoms with Gasteiger partial charge >= 0.3 is 5.69 Å². The van der Waals surface area contributed by atoms with Crippen molar-refractivity contribution in [2.24, 2.45) is 7.05 Å². The molecule has 0 saturated carbocycles. The van der Waals surface area contributed by atoms with E-state index in [1.54, 1.807) is 12.1 Å². The van der Waals surface area contributed by atoms with Gasteiger partial charge in [0.25, 0.3) is 0 Å². The number of nitrogens with zero attached hydrogens (tertiary/aromatic N) is 4. The van der Waals surface area contributed by atoms with Gasteiger partial charge in [-0.2, -0.15) is 9.36 Å². The molecular weight excluding hydrogens is 315 g/mol. The molecule has 0 fully saturated rings. The summed E-state index contributed by atoms with van der Waals surface area (Å²) in [6.45, 7) is 1.89. The lowest BCUT2D eigenvalue weighted by Gasteiger charge is -2.13. The van der Waals surface area contributed by atoms with Crippen molar-refractivity contribution in [1.29, 1.82) is 0 Å². The SMILES string of the molecule is Cc1cccc(-n2nnn(C)c2=O)c1COc1ccc(O)cc1F. The van der Waals surface area contributed by atoms with Gasteiger partial charge in [0.1, 0.15) is 12.4 Å². The Morgan fingerprint density at radius 2 is 2.04 bits per heavy atom. The molecule has 3 rings (SSSR count). The van der Waals surface area contributed by atoms with Crippen LogP contribution in [0, 0.1) is 12.7 Å². The van der Waals surface area contributed by atoms with Crippen molar-refractivity contribution < 1.29 is 14.2 Å². The Morgan fingerprint density at radius 1 is 1.25 bits per heavy atom. The molecule has 0 aliphatic heterocycles. The molecule has 124 valence electrons. The lowest BCUT2D eigenvalue weighted by atomic mass is 10.1. The Kier molecular flexibility index (Phi) is 4.03. The van der Waals surface area contributed by atoms with Crippen LogP contribution < -0.4 is 10.4 Å². The third-order valence-electron chi connectivity index (χ3n) is 3.62. The standard InChI is InChI=1S/C16H15FN4O3/c1-10-4-3-5-14(21-16(23)20(2)18-19-21)12(10)9-24-15-7-6-11(22)8-13(15)17/h3-8,22H,9H2,1-2H3. The van der Waals surface area contributed by atoms with E-state index >= 15 is 0 Å². The van der Waals surface area contributed by atoms with E-state index in [-0.39, 0.29) is 18.1 Å². The highest BCUT2D eigenvalue weighted by atomic mass is 19.1. The number of phenolic OH excluding ortho intramolecular Hbond substituents is 1. The van der Waals surface area contributed by atoms with Crippen molar-refractivity contribution in [3.63, 3.8) is 0 Å². The first-order chi connectivity index (χ1) is 11.5. The molecule has 8 heteroatoms. The zero-order valence-electron chi connectivity index (χ0n) is 13.1. The summed E-state index contributed by atoms with van der Waals surface area (Å²) in [6.07, 6.45) is 0. The largest absolute Gasteiger partial charge is 0.508 e. The maximum Gasteiger partial charge on any atom is 0.368 e. The van der Waals surface area contributed by atoms with Crippen molar-refractivity contribution in [1.82, 2.24) is 19.8 Å². The van der Waals surface area contributed by atoms with Gasteiger partial charge in [0, 0.05) is 18.7 Å². The Hall–Kier alpha value is -3.16. The van der Waals surface area contributed by atoms with E-state index < -0.39 is 11.5 Å². The van der Waals surface area contributed by atoms with Gasteiger partial charge in [-0.05, 0) is 41.1 Å². The summed E-state index contributed by atoms with van der Waals surface area (Å²) in [5.74, 6) is -0.835. The highest BCUT2D eigenvalue weighted by Gasteiger charge is 2.14. The molecule has 0 aliphatic carbocycles. The normalized spacial score (nSPS) is 10.8. The minimum Gasteiger partial charge on any atom is -0.508 e. The summed E-state index contributed by atoms with van der Waals surface area (Å²) in [7, 11) is 1.50.